The number of ether oxygens (including phenoxy) is 1. The van der Waals surface area contributed by atoms with Crippen LogP contribution in [-0.4, -0.2) is 60.2 Å². The summed E-state index contributed by atoms with van der Waals surface area (Å²) in [5.41, 5.74) is 2.51. The fourth-order valence-electron chi connectivity index (χ4n) is 3.84. The molecular weight excluding hydrogens is 360 g/mol. The molecule has 0 aromatic carbocycles. The van der Waals surface area contributed by atoms with Gasteiger partial charge in [0, 0.05) is 37.2 Å². The van der Waals surface area contributed by atoms with E-state index in [1.165, 1.54) is 6.42 Å². The lowest BCUT2D eigenvalue weighted by atomic mass is 10.2. The number of nitriles is 1. The first-order valence-electron chi connectivity index (χ1n) is 9.54. The summed E-state index contributed by atoms with van der Waals surface area (Å²) >= 11 is 1.92. The van der Waals surface area contributed by atoms with Crippen molar-refractivity contribution in [3.8, 4) is 6.07 Å². The van der Waals surface area contributed by atoms with Gasteiger partial charge in [0.05, 0.1) is 12.1 Å². The third-order valence-electron chi connectivity index (χ3n) is 5.64. The largest absolute Gasteiger partial charge is 0.385 e. The molecule has 6 nitrogen and oxygen atoms in total. The summed E-state index contributed by atoms with van der Waals surface area (Å²) < 4.78 is 7.17. The predicted molar refractivity (Wildman–Crippen MR) is 111 cm³/mol. The number of amides is 1. The number of nitrogens with zero attached hydrogens (tertiary/aromatic N) is 3. The first-order chi connectivity index (χ1) is 12.9. The molecule has 1 aliphatic rings. The second-order valence-corrected chi connectivity index (χ2v) is 8.47. The maximum absolute atomic E-state index is 12.7. The zero-order valence-electron chi connectivity index (χ0n) is 17.2. The van der Waals surface area contributed by atoms with Crippen molar-refractivity contribution in [1.82, 2.24) is 9.47 Å². The average molecular weight is 393 g/mol. The summed E-state index contributed by atoms with van der Waals surface area (Å²) in [5, 5.41) is 13.3. The van der Waals surface area contributed by atoms with E-state index in [0.717, 1.165) is 30.5 Å². The Balaban J connectivity index is 2.07. The molecule has 0 aliphatic heterocycles. The van der Waals surface area contributed by atoms with Crippen LogP contribution in [0.2, 0.25) is 0 Å². The molecule has 0 unspecified atom stereocenters. The number of hydrogen-bond donors (Lipinski definition) is 1. The Morgan fingerprint density at radius 1 is 1.44 bits per heavy atom. The molecule has 1 saturated carbocycles. The Morgan fingerprint density at radius 2 is 2.19 bits per heavy atom. The molecule has 0 saturated heterocycles. The van der Waals surface area contributed by atoms with Crippen LogP contribution in [0, 0.1) is 25.2 Å². The van der Waals surface area contributed by atoms with Crippen LogP contribution in [0.15, 0.2) is 0 Å². The molecular formula is C20H32N4O2S. The van der Waals surface area contributed by atoms with E-state index >= 15 is 0 Å². The van der Waals surface area contributed by atoms with E-state index in [9.17, 15) is 10.1 Å². The lowest BCUT2D eigenvalue weighted by Gasteiger charge is -2.24. The molecule has 27 heavy (non-hydrogen) atoms. The quantitative estimate of drug-likeness (QED) is 0.654. The monoisotopic (exact) mass is 392 g/mol. The van der Waals surface area contributed by atoms with Crippen molar-refractivity contribution in [3.63, 3.8) is 0 Å². The van der Waals surface area contributed by atoms with Gasteiger partial charge in [0.2, 0.25) is 5.91 Å². The summed E-state index contributed by atoms with van der Waals surface area (Å²) in [6.45, 7) is 5.63. The third kappa shape index (κ3) is 5.28. The minimum atomic E-state index is -0.0629. The van der Waals surface area contributed by atoms with Gasteiger partial charge in [0.15, 0.2) is 0 Å². The number of thioether (sulfide) groups is 1. The summed E-state index contributed by atoms with van der Waals surface area (Å²) in [7, 11) is 3.70. The molecule has 1 amide bonds. The Bertz CT molecular complexity index is 695. The molecule has 0 radical (unpaired) electrons. The van der Waals surface area contributed by atoms with Crippen molar-refractivity contribution in [1.29, 1.82) is 5.26 Å². The van der Waals surface area contributed by atoms with E-state index in [-0.39, 0.29) is 5.91 Å². The van der Waals surface area contributed by atoms with Crippen molar-refractivity contribution in [2.75, 3.05) is 38.9 Å². The summed E-state index contributed by atoms with van der Waals surface area (Å²) in [5.74, 6) is 0.558. The molecule has 2 rings (SSSR count). The van der Waals surface area contributed by atoms with E-state index in [4.69, 9.17) is 4.74 Å². The molecule has 7 heteroatoms. The van der Waals surface area contributed by atoms with Crippen molar-refractivity contribution in [2.24, 2.45) is 0 Å². The Labute approximate surface area is 167 Å². The van der Waals surface area contributed by atoms with Gasteiger partial charge in [-0.1, -0.05) is 0 Å². The van der Waals surface area contributed by atoms with Gasteiger partial charge in [-0.3, -0.25) is 9.69 Å². The van der Waals surface area contributed by atoms with Crippen LogP contribution in [0.1, 0.15) is 42.5 Å². The first kappa shape index (κ1) is 21.8. The van der Waals surface area contributed by atoms with E-state index in [1.807, 2.05) is 37.2 Å². The topological polar surface area (TPSA) is 70.3 Å². The molecule has 1 N–H and O–H groups in total. The van der Waals surface area contributed by atoms with Crippen molar-refractivity contribution >= 4 is 23.5 Å². The lowest BCUT2D eigenvalue weighted by molar-refractivity contribution is -0.117. The molecule has 1 heterocycles. The van der Waals surface area contributed by atoms with Gasteiger partial charge >= 0.3 is 0 Å². The molecule has 150 valence electrons. The maximum Gasteiger partial charge on any atom is 0.239 e. The maximum atomic E-state index is 12.7. The number of methoxy groups -OCH3 is 1. The van der Waals surface area contributed by atoms with Crippen LogP contribution in [0.5, 0.6) is 0 Å². The number of carbonyl (C=O) groups is 1. The van der Waals surface area contributed by atoms with Gasteiger partial charge in [0.1, 0.15) is 11.9 Å². The van der Waals surface area contributed by atoms with Gasteiger partial charge in [-0.25, -0.2) is 0 Å². The fraction of sp³-hybridized carbons (Fsp3) is 0.700. The summed E-state index contributed by atoms with van der Waals surface area (Å²) in [4.78, 5) is 14.8. The van der Waals surface area contributed by atoms with Gasteiger partial charge in [-0.05, 0) is 58.4 Å². The van der Waals surface area contributed by atoms with Crippen LogP contribution in [0.25, 0.3) is 0 Å². The highest BCUT2D eigenvalue weighted by Gasteiger charge is 2.28. The summed E-state index contributed by atoms with van der Waals surface area (Å²) in [6.07, 6.45) is 6.49. The first-order valence-corrected chi connectivity index (χ1v) is 10.8. The van der Waals surface area contributed by atoms with Crippen molar-refractivity contribution in [2.45, 2.75) is 57.4 Å². The van der Waals surface area contributed by atoms with Crippen LogP contribution >= 0.6 is 11.8 Å². The normalized spacial score (nSPS) is 19.4. The fourth-order valence-corrected chi connectivity index (χ4v) is 4.62. The number of carbonyl (C=O) groups excluding carboxylic acids is 1. The predicted octanol–water partition coefficient (Wildman–Crippen LogP) is 3.17. The molecule has 0 spiro atoms. The second-order valence-electron chi connectivity index (χ2n) is 7.33. The number of anilines is 1. The minimum Gasteiger partial charge on any atom is -0.385 e. The number of likely N-dealkylation sites (N-methyl/N-ethyl adjacent to an activating group) is 1. The summed E-state index contributed by atoms with van der Waals surface area (Å²) in [6, 6.07) is 2.72. The van der Waals surface area contributed by atoms with Crippen LogP contribution in [0.3, 0.4) is 0 Å². The van der Waals surface area contributed by atoms with Crippen molar-refractivity contribution < 1.29 is 9.53 Å². The third-order valence-corrected chi connectivity index (χ3v) is 6.73. The molecule has 2 atom stereocenters. The van der Waals surface area contributed by atoms with E-state index < -0.39 is 0 Å². The molecule has 1 aromatic heterocycles. The molecule has 0 bridgehead atoms. The highest BCUT2D eigenvalue weighted by atomic mass is 32.2. The Morgan fingerprint density at radius 3 is 2.78 bits per heavy atom. The van der Waals surface area contributed by atoms with Gasteiger partial charge in [-0.2, -0.15) is 17.0 Å². The average Bonchev–Trinajstić information content (AvgIpc) is 3.21. The molecule has 1 aliphatic carbocycles. The Hall–Kier alpha value is -1.49. The van der Waals surface area contributed by atoms with Crippen LogP contribution < -0.4 is 5.32 Å². The van der Waals surface area contributed by atoms with E-state index in [1.54, 1.807) is 7.11 Å². The van der Waals surface area contributed by atoms with Gasteiger partial charge < -0.3 is 14.6 Å². The van der Waals surface area contributed by atoms with E-state index in [0.29, 0.717) is 42.4 Å². The Kier molecular flexibility index (Phi) is 8.21. The zero-order chi connectivity index (χ0) is 20.0. The smallest absolute Gasteiger partial charge is 0.239 e. The van der Waals surface area contributed by atoms with Crippen LogP contribution in [0.4, 0.5) is 5.82 Å². The number of nitrogens with one attached hydrogen (secondary N) is 1. The van der Waals surface area contributed by atoms with E-state index in [2.05, 4.69) is 22.5 Å². The molecule has 1 fully saturated rings. The standard InChI is InChI=1S/C20H32N4O2S/c1-14-15(2)24(9-6-10-26-4)20(18(14)12-21)22-19(25)13-23(3)16-7-8-17(11-16)27-5/h16-17H,6-11,13H2,1-5H3,(H,22,25)/t16-,17-/m1/s1. The SMILES string of the molecule is COCCCn1c(C)c(C)c(C#N)c1NC(=O)CN(C)[C@@H]1CC[C@@H](SC)C1. The van der Waals surface area contributed by atoms with Crippen molar-refractivity contribution in [3.05, 3.63) is 16.8 Å². The number of rotatable bonds is 9. The van der Waals surface area contributed by atoms with Crippen LogP contribution in [-0.2, 0) is 16.1 Å². The number of aromatic nitrogens is 1. The number of hydrogen-bond acceptors (Lipinski definition) is 5. The minimum absolute atomic E-state index is 0.0629. The van der Waals surface area contributed by atoms with Gasteiger partial charge in [0.25, 0.3) is 0 Å². The lowest BCUT2D eigenvalue weighted by Crippen LogP contribution is -2.37. The zero-order valence-corrected chi connectivity index (χ0v) is 18.0. The van der Waals surface area contributed by atoms with Gasteiger partial charge in [-0.15, -0.1) is 0 Å². The molecule has 1 aromatic rings. The highest BCUT2D eigenvalue weighted by Crippen LogP contribution is 2.31. The highest BCUT2D eigenvalue weighted by molar-refractivity contribution is 7.99. The second kappa shape index (κ2) is 10.2.